The van der Waals surface area contributed by atoms with Crippen LogP contribution < -0.4 is 11.1 Å². The van der Waals surface area contributed by atoms with Crippen LogP contribution in [0.4, 0.5) is 0 Å². The Bertz CT molecular complexity index is 531. The smallest absolute Gasteiger partial charge is 0.252 e. The predicted octanol–water partition coefficient (Wildman–Crippen LogP) is 1.12. The van der Waals surface area contributed by atoms with Crippen LogP contribution in [-0.4, -0.2) is 30.4 Å². The van der Waals surface area contributed by atoms with E-state index in [1.165, 1.54) is 0 Å². The molecule has 0 aromatic carbocycles. The average molecular weight is 294 g/mol. The minimum atomic E-state index is -1.07. The maximum absolute atomic E-state index is 11.3. The van der Waals surface area contributed by atoms with Gasteiger partial charge in [0.2, 0.25) is 0 Å². The summed E-state index contributed by atoms with van der Waals surface area (Å²) >= 11 is 0. The van der Waals surface area contributed by atoms with Crippen LogP contribution in [0.25, 0.3) is 5.57 Å². The second kappa shape index (κ2) is 5.80. The molecule has 1 aliphatic heterocycles. The number of aromatic nitrogens is 2. The maximum atomic E-state index is 11.3. The second-order valence-electron chi connectivity index (χ2n) is 6.19. The Hall–Kier alpha value is -1.60. The van der Waals surface area contributed by atoms with Crippen molar-refractivity contribution in [2.45, 2.75) is 39.0 Å². The number of nitrogens with two attached hydrogens (primary N) is 1. The Labute approximate surface area is 120 Å². The van der Waals surface area contributed by atoms with Gasteiger partial charge in [0.05, 0.1) is 5.57 Å². The fourth-order valence-corrected chi connectivity index (χ4v) is 2.70. The molecule has 2 heterocycles. The van der Waals surface area contributed by atoms with Crippen molar-refractivity contribution in [3.8, 4) is 0 Å². The van der Waals surface area contributed by atoms with E-state index < -0.39 is 14.0 Å². The molecule has 3 N–H and O–H groups in total. The van der Waals surface area contributed by atoms with Crippen LogP contribution in [0.2, 0.25) is 25.7 Å². The van der Waals surface area contributed by atoms with Gasteiger partial charge in [-0.05, 0) is 6.04 Å². The van der Waals surface area contributed by atoms with Gasteiger partial charge in [-0.2, -0.15) is 5.10 Å². The summed E-state index contributed by atoms with van der Waals surface area (Å²) in [5.41, 5.74) is 7.39. The molecular weight excluding hydrogens is 272 g/mol. The van der Waals surface area contributed by atoms with Crippen molar-refractivity contribution in [1.29, 1.82) is 0 Å². The lowest BCUT2D eigenvalue weighted by molar-refractivity contribution is -0.112. The van der Waals surface area contributed by atoms with Crippen LogP contribution in [0.15, 0.2) is 12.4 Å². The van der Waals surface area contributed by atoms with E-state index in [0.29, 0.717) is 24.5 Å². The quantitative estimate of drug-likeness (QED) is 0.608. The van der Waals surface area contributed by atoms with Gasteiger partial charge in [0, 0.05) is 39.2 Å². The molecule has 110 valence electrons. The van der Waals surface area contributed by atoms with E-state index in [1.54, 1.807) is 10.9 Å². The molecule has 0 bridgehead atoms. The highest BCUT2D eigenvalue weighted by atomic mass is 28.3. The number of amides is 1. The Balaban J connectivity index is 1.96. The lowest BCUT2D eigenvalue weighted by Crippen LogP contribution is -2.22. The number of carbonyl (C=O) groups excluding carboxylic acids is 1. The summed E-state index contributed by atoms with van der Waals surface area (Å²) in [6.45, 7) is 8.76. The Morgan fingerprint density at radius 2 is 2.30 bits per heavy atom. The first kappa shape index (κ1) is 14.8. The highest BCUT2D eigenvalue weighted by Crippen LogP contribution is 2.20. The van der Waals surface area contributed by atoms with E-state index in [0.717, 1.165) is 18.2 Å². The van der Waals surface area contributed by atoms with Crippen molar-refractivity contribution in [1.82, 2.24) is 15.1 Å². The van der Waals surface area contributed by atoms with Crippen LogP contribution in [-0.2, 0) is 22.8 Å². The molecule has 7 heteroatoms. The minimum absolute atomic E-state index is 0.406. The number of nitrogens with zero attached hydrogens (tertiary/aromatic N) is 2. The number of hydrogen-bond donors (Lipinski definition) is 2. The van der Waals surface area contributed by atoms with E-state index in [-0.39, 0.29) is 0 Å². The van der Waals surface area contributed by atoms with E-state index in [1.807, 2.05) is 6.20 Å². The van der Waals surface area contributed by atoms with Gasteiger partial charge >= 0.3 is 0 Å². The van der Waals surface area contributed by atoms with Crippen molar-refractivity contribution < 1.29 is 9.53 Å². The van der Waals surface area contributed by atoms with Crippen LogP contribution in [0.5, 0.6) is 0 Å². The minimum Gasteiger partial charge on any atom is -0.386 e. The zero-order valence-corrected chi connectivity index (χ0v) is 13.3. The highest BCUT2D eigenvalue weighted by molar-refractivity contribution is 6.76. The number of fused-ring (bicyclic) bond motifs is 1. The van der Waals surface area contributed by atoms with Crippen molar-refractivity contribution in [3.63, 3.8) is 0 Å². The molecule has 0 fully saturated rings. The fourth-order valence-electron chi connectivity index (χ4n) is 1.94. The number of primary amides is 1. The van der Waals surface area contributed by atoms with E-state index in [4.69, 9.17) is 10.5 Å². The first-order chi connectivity index (χ1) is 9.37. The molecule has 0 saturated carbocycles. The fraction of sp³-hybridized carbons (Fsp3) is 0.538. The number of carbonyl (C=O) groups is 1. The summed E-state index contributed by atoms with van der Waals surface area (Å²) in [5, 5.41) is 7.40. The molecule has 0 atom stereocenters. The topological polar surface area (TPSA) is 82.2 Å². The lowest BCUT2D eigenvalue weighted by atomic mass is 10.1. The molecule has 1 amide bonds. The highest BCUT2D eigenvalue weighted by Gasteiger charge is 2.20. The maximum Gasteiger partial charge on any atom is 0.252 e. The monoisotopic (exact) mass is 294 g/mol. The number of ether oxygens (including phenoxy) is 1. The van der Waals surface area contributed by atoms with Crippen molar-refractivity contribution in [2.75, 3.05) is 6.61 Å². The van der Waals surface area contributed by atoms with Gasteiger partial charge in [-0.1, -0.05) is 19.6 Å². The molecule has 0 saturated heterocycles. The standard InChI is InChI=1S/C13H22N4O2Si/c1-20(2,3)5-4-19-9-17-8-10-6-15-7-11(13(14)18)12(10)16-17/h7-8,15H,4-6,9H2,1-3H3,(H2,14,18). The summed E-state index contributed by atoms with van der Waals surface area (Å²) in [6, 6.07) is 1.13. The third-order valence-electron chi connectivity index (χ3n) is 3.12. The average Bonchev–Trinajstić information content (AvgIpc) is 2.75. The molecule has 0 spiro atoms. The number of rotatable bonds is 6. The number of nitrogens with one attached hydrogen (secondary N) is 1. The van der Waals surface area contributed by atoms with Gasteiger partial charge in [-0.25, -0.2) is 4.68 Å². The van der Waals surface area contributed by atoms with Crippen LogP contribution in [0.3, 0.4) is 0 Å². The largest absolute Gasteiger partial charge is 0.386 e. The first-order valence-electron chi connectivity index (χ1n) is 6.74. The molecule has 2 rings (SSSR count). The first-order valence-corrected chi connectivity index (χ1v) is 10.5. The van der Waals surface area contributed by atoms with Crippen LogP contribution >= 0.6 is 0 Å². The molecule has 0 unspecified atom stereocenters. The summed E-state index contributed by atoms with van der Waals surface area (Å²) in [6.07, 6.45) is 3.51. The van der Waals surface area contributed by atoms with Gasteiger partial charge < -0.3 is 15.8 Å². The summed E-state index contributed by atoms with van der Waals surface area (Å²) < 4.78 is 7.37. The molecule has 1 aromatic rings. The Kier molecular flexibility index (Phi) is 4.29. The SMILES string of the molecule is C[Si](C)(C)CCOCn1cc2c(n1)C(C(N)=O)=CNC2. The molecule has 6 nitrogen and oxygen atoms in total. The molecule has 20 heavy (non-hydrogen) atoms. The second-order valence-corrected chi connectivity index (χ2v) is 11.8. The van der Waals surface area contributed by atoms with Crippen LogP contribution in [0.1, 0.15) is 11.3 Å². The van der Waals surface area contributed by atoms with Crippen molar-refractivity contribution in [3.05, 3.63) is 23.7 Å². The van der Waals surface area contributed by atoms with Gasteiger partial charge in [0.15, 0.2) is 0 Å². The predicted molar refractivity (Wildman–Crippen MR) is 80.3 cm³/mol. The van der Waals surface area contributed by atoms with Crippen LogP contribution in [0, 0.1) is 0 Å². The van der Waals surface area contributed by atoms with E-state index in [9.17, 15) is 4.79 Å². The summed E-state index contributed by atoms with van der Waals surface area (Å²) in [7, 11) is -1.07. The van der Waals surface area contributed by atoms with Gasteiger partial charge in [-0.15, -0.1) is 0 Å². The lowest BCUT2D eigenvalue weighted by Gasteiger charge is -2.15. The number of hydrogen-bond acceptors (Lipinski definition) is 4. The molecule has 0 radical (unpaired) electrons. The van der Waals surface area contributed by atoms with Crippen molar-refractivity contribution in [2.24, 2.45) is 5.73 Å². The molecule has 1 aromatic heterocycles. The molecule has 1 aliphatic rings. The summed E-state index contributed by atoms with van der Waals surface area (Å²) in [4.78, 5) is 11.3. The van der Waals surface area contributed by atoms with E-state index >= 15 is 0 Å². The van der Waals surface area contributed by atoms with Crippen molar-refractivity contribution >= 4 is 19.6 Å². The Morgan fingerprint density at radius 3 is 2.95 bits per heavy atom. The summed E-state index contributed by atoms with van der Waals surface area (Å²) in [5.74, 6) is -0.469. The molecular formula is C13H22N4O2Si. The third kappa shape index (κ3) is 3.70. The zero-order chi connectivity index (χ0) is 14.8. The van der Waals surface area contributed by atoms with E-state index in [2.05, 4.69) is 30.1 Å². The molecule has 0 aliphatic carbocycles. The van der Waals surface area contributed by atoms with Gasteiger partial charge in [0.1, 0.15) is 12.4 Å². The third-order valence-corrected chi connectivity index (χ3v) is 4.82. The Morgan fingerprint density at radius 1 is 1.55 bits per heavy atom. The zero-order valence-electron chi connectivity index (χ0n) is 12.3. The van der Waals surface area contributed by atoms with Gasteiger partial charge in [0.25, 0.3) is 5.91 Å². The van der Waals surface area contributed by atoms with Gasteiger partial charge in [-0.3, -0.25) is 4.79 Å². The normalized spacial score (nSPS) is 14.4.